The number of rotatable bonds is 7. The fourth-order valence-corrected chi connectivity index (χ4v) is 7.18. The molecule has 0 N–H and O–H groups in total. The molecule has 5 aromatic carbocycles. The molecule has 49 heavy (non-hydrogen) atoms. The van der Waals surface area contributed by atoms with Crippen LogP contribution in [0.3, 0.4) is 0 Å². The van der Waals surface area contributed by atoms with Crippen LogP contribution >= 0.6 is 0 Å². The highest BCUT2D eigenvalue weighted by Crippen LogP contribution is 2.46. The van der Waals surface area contributed by atoms with Gasteiger partial charge in [-0.05, 0) is 91.6 Å². The largest absolute Gasteiger partial charge is 0.310 e. The van der Waals surface area contributed by atoms with Gasteiger partial charge in [0.15, 0.2) is 0 Å². The summed E-state index contributed by atoms with van der Waals surface area (Å²) in [6.07, 6.45) is 3.72. The zero-order valence-corrected chi connectivity index (χ0v) is 27.9. The van der Waals surface area contributed by atoms with E-state index < -0.39 is 0 Å². The Hall–Kier alpha value is -6.26. The molecule has 0 spiro atoms. The summed E-state index contributed by atoms with van der Waals surface area (Å²) in [5.74, 6) is 0.872. The maximum Gasteiger partial charge on any atom is 0.137 e. The Morgan fingerprint density at radius 1 is 0.510 bits per heavy atom. The molecule has 0 atom stereocenters. The third kappa shape index (κ3) is 5.57. The number of benzene rings is 5. The van der Waals surface area contributed by atoms with Crippen molar-refractivity contribution in [3.63, 3.8) is 0 Å². The Labute approximate surface area is 287 Å². The van der Waals surface area contributed by atoms with Crippen molar-refractivity contribution >= 4 is 28.0 Å². The van der Waals surface area contributed by atoms with Gasteiger partial charge in [0, 0.05) is 40.3 Å². The molecule has 0 aliphatic heterocycles. The first kappa shape index (κ1) is 30.1. The molecule has 0 fully saturated rings. The fraction of sp³-hybridized carbons (Fsp3) is 0.0667. The molecular weight excluding hydrogens is 597 g/mol. The van der Waals surface area contributed by atoms with Crippen LogP contribution in [0.15, 0.2) is 164 Å². The molecule has 3 heterocycles. The predicted molar refractivity (Wildman–Crippen MR) is 204 cm³/mol. The number of fused-ring (bicyclic) bond motifs is 1. The zero-order chi connectivity index (χ0) is 33.3. The molecule has 8 rings (SSSR count). The number of aromatic nitrogens is 3. The summed E-state index contributed by atoms with van der Waals surface area (Å²) in [4.78, 5) is 12.0. The summed E-state index contributed by atoms with van der Waals surface area (Å²) < 4.78 is 2.33. The molecule has 0 amide bonds. The maximum absolute atomic E-state index is 4.91. The fourth-order valence-electron chi connectivity index (χ4n) is 7.18. The van der Waals surface area contributed by atoms with Crippen molar-refractivity contribution in [2.24, 2.45) is 0 Å². The monoisotopic (exact) mass is 632 g/mol. The van der Waals surface area contributed by atoms with E-state index in [1.165, 1.54) is 38.9 Å². The molecule has 3 aromatic heterocycles. The van der Waals surface area contributed by atoms with E-state index >= 15 is 0 Å². The molecule has 0 bridgehead atoms. The molecule has 8 aromatic rings. The summed E-state index contributed by atoms with van der Waals surface area (Å²) in [6, 6.07) is 53.7. The SMILES string of the molecule is Cc1cc(C)c(N(c2cccc(-c3ccccn3)c2)c2ccc3c(-c4ccccc4)c(-c4ccccc4)n(-c4ccccn4)c3c2)c(C)c1. The number of nitrogens with zero attached hydrogens (tertiary/aromatic N) is 4. The quantitative estimate of drug-likeness (QED) is 0.175. The van der Waals surface area contributed by atoms with Gasteiger partial charge in [0.2, 0.25) is 0 Å². The van der Waals surface area contributed by atoms with Gasteiger partial charge in [-0.1, -0.05) is 109 Å². The lowest BCUT2D eigenvalue weighted by Crippen LogP contribution is -2.13. The van der Waals surface area contributed by atoms with Gasteiger partial charge >= 0.3 is 0 Å². The summed E-state index contributed by atoms with van der Waals surface area (Å²) >= 11 is 0. The highest BCUT2D eigenvalue weighted by atomic mass is 15.2. The average molecular weight is 633 g/mol. The van der Waals surface area contributed by atoms with Crippen LogP contribution in [0.5, 0.6) is 0 Å². The standard InChI is InChI=1S/C45H36N4/c1-31-27-32(2)44(33(3)28-31)48(37-20-14-19-36(29-37)40-21-10-12-25-46-40)38-23-24-39-41(30-38)49(42-22-11-13-26-47-42)45(35-17-8-5-9-18-35)43(39)34-15-6-4-7-16-34/h4-30H,1-3H3. The van der Waals surface area contributed by atoms with Gasteiger partial charge in [0.25, 0.3) is 0 Å². The van der Waals surface area contributed by atoms with Gasteiger partial charge < -0.3 is 4.90 Å². The molecular formula is C45H36N4. The Morgan fingerprint density at radius 2 is 1.14 bits per heavy atom. The van der Waals surface area contributed by atoms with Crippen LogP contribution in [0.2, 0.25) is 0 Å². The van der Waals surface area contributed by atoms with Crippen LogP contribution in [-0.2, 0) is 0 Å². The topological polar surface area (TPSA) is 34.0 Å². The summed E-state index contributed by atoms with van der Waals surface area (Å²) in [7, 11) is 0. The van der Waals surface area contributed by atoms with Crippen molar-refractivity contribution < 1.29 is 0 Å². The number of aryl methyl sites for hydroxylation is 3. The lowest BCUT2D eigenvalue weighted by Gasteiger charge is -2.29. The molecule has 0 aliphatic carbocycles. The molecule has 236 valence electrons. The highest BCUT2D eigenvalue weighted by Gasteiger charge is 2.24. The van der Waals surface area contributed by atoms with Crippen LogP contribution in [-0.4, -0.2) is 14.5 Å². The van der Waals surface area contributed by atoms with Crippen LogP contribution in [0, 0.1) is 20.8 Å². The molecule has 0 radical (unpaired) electrons. The van der Waals surface area contributed by atoms with Crippen molar-refractivity contribution in [3.05, 3.63) is 181 Å². The molecule has 0 unspecified atom stereocenters. The van der Waals surface area contributed by atoms with Crippen molar-refractivity contribution in [1.29, 1.82) is 0 Å². The van der Waals surface area contributed by atoms with Crippen LogP contribution in [0.4, 0.5) is 17.1 Å². The summed E-state index contributed by atoms with van der Waals surface area (Å²) in [5, 5.41) is 1.17. The molecule has 4 heteroatoms. The second-order valence-corrected chi connectivity index (χ2v) is 12.5. The third-order valence-corrected chi connectivity index (χ3v) is 9.12. The maximum atomic E-state index is 4.91. The summed E-state index contributed by atoms with van der Waals surface area (Å²) in [5.41, 5.74) is 14.7. The van der Waals surface area contributed by atoms with Crippen molar-refractivity contribution in [1.82, 2.24) is 14.5 Å². The van der Waals surface area contributed by atoms with Gasteiger partial charge in [0.1, 0.15) is 5.82 Å². The Bertz CT molecular complexity index is 2370. The van der Waals surface area contributed by atoms with Crippen molar-refractivity contribution in [3.8, 4) is 39.5 Å². The van der Waals surface area contributed by atoms with Crippen LogP contribution in [0.25, 0.3) is 50.4 Å². The Kier molecular flexibility index (Phi) is 7.83. The number of hydrogen-bond acceptors (Lipinski definition) is 3. The van der Waals surface area contributed by atoms with Crippen LogP contribution in [0.1, 0.15) is 16.7 Å². The second kappa shape index (κ2) is 12.7. The highest BCUT2D eigenvalue weighted by molar-refractivity contribution is 6.07. The van der Waals surface area contributed by atoms with E-state index in [1.807, 2.05) is 30.6 Å². The first-order valence-corrected chi connectivity index (χ1v) is 16.7. The molecule has 0 aliphatic rings. The van der Waals surface area contributed by atoms with Gasteiger partial charge in [-0.2, -0.15) is 0 Å². The van der Waals surface area contributed by atoms with E-state index in [-0.39, 0.29) is 0 Å². The number of hydrogen-bond donors (Lipinski definition) is 0. The Balaban J connectivity index is 1.45. The second-order valence-electron chi connectivity index (χ2n) is 12.5. The molecule has 0 saturated carbocycles. The van der Waals surface area contributed by atoms with Gasteiger partial charge in [-0.15, -0.1) is 0 Å². The molecule has 4 nitrogen and oxygen atoms in total. The van der Waals surface area contributed by atoms with E-state index in [1.54, 1.807) is 0 Å². The first-order chi connectivity index (χ1) is 24.1. The van der Waals surface area contributed by atoms with Crippen molar-refractivity contribution in [2.75, 3.05) is 4.90 Å². The smallest absolute Gasteiger partial charge is 0.137 e. The normalized spacial score (nSPS) is 11.2. The first-order valence-electron chi connectivity index (χ1n) is 16.7. The van der Waals surface area contributed by atoms with E-state index in [9.17, 15) is 0 Å². The van der Waals surface area contributed by atoms with E-state index in [2.05, 4.69) is 169 Å². The minimum atomic E-state index is 0.872. The lowest BCUT2D eigenvalue weighted by molar-refractivity contribution is 1.05. The third-order valence-electron chi connectivity index (χ3n) is 9.12. The van der Waals surface area contributed by atoms with Gasteiger partial charge in [-0.25, -0.2) is 4.98 Å². The zero-order valence-electron chi connectivity index (χ0n) is 27.9. The minimum Gasteiger partial charge on any atom is -0.310 e. The summed E-state index contributed by atoms with van der Waals surface area (Å²) in [6.45, 7) is 6.58. The lowest BCUT2D eigenvalue weighted by atomic mass is 9.98. The van der Waals surface area contributed by atoms with Crippen LogP contribution < -0.4 is 4.90 Å². The van der Waals surface area contributed by atoms with E-state index in [0.29, 0.717) is 0 Å². The Morgan fingerprint density at radius 3 is 1.82 bits per heavy atom. The number of pyridine rings is 2. The average Bonchev–Trinajstić information content (AvgIpc) is 3.49. The van der Waals surface area contributed by atoms with Gasteiger partial charge in [0.05, 0.1) is 22.6 Å². The molecule has 0 saturated heterocycles. The number of anilines is 3. The van der Waals surface area contributed by atoms with E-state index in [0.717, 1.165) is 45.2 Å². The van der Waals surface area contributed by atoms with Crippen molar-refractivity contribution in [2.45, 2.75) is 20.8 Å². The minimum absolute atomic E-state index is 0.872. The van der Waals surface area contributed by atoms with Gasteiger partial charge in [-0.3, -0.25) is 9.55 Å². The van der Waals surface area contributed by atoms with E-state index in [4.69, 9.17) is 4.98 Å². The predicted octanol–water partition coefficient (Wildman–Crippen LogP) is 11.8.